The second-order valence-electron chi connectivity index (χ2n) is 4.24. The van der Waals surface area contributed by atoms with Crippen LogP contribution in [-0.2, 0) is 4.79 Å². The number of hydrogen-bond acceptors (Lipinski definition) is 5. The van der Waals surface area contributed by atoms with E-state index in [4.69, 9.17) is 13.9 Å². The topological polar surface area (TPSA) is 73.1 Å². The molecule has 108 valence electrons. The van der Waals surface area contributed by atoms with Crippen LogP contribution in [0.3, 0.4) is 0 Å². The summed E-state index contributed by atoms with van der Waals surface area (Å²) in [6, 6.07) is 10.6. The Morgan fingerprint density at radius 3 is 2.86 bits per heavy atom. The highest BCUT2D eigenvalue weighted by Gasteiger charge is 2.26. The van der Waals surface area contributed by atoms with E-state index in [1.165, 1.54) is 6.21 Å². The lowest BCUT2D eigenvalue weighted by atomic mass is 10.2. The summed E-state index contributed by atoms with van der Waals surface area (Å²) in [5.41, 5.74) is 2.39. The van der Waals surface area contributed by atoms with Crippen molar-refractivity contribution in [2.24, 2.45) is 5.10 Å². The number of furan rings is 1. The SMILES string of the molecule is O=C(N/N=C/c1ccc(Br)o1)[C@@H]1COc2ccccc2O1. The van der Waals surface area contributed by atoms with Crippen molar-refractivity contribution in [2.75, 3.05) is 6.61 Å². The van der Waals surface area contributed by atoms with Crippen molar-refractivity contribution in [3.05, 3.63) is 46.8 Å². The number of benzene rings is 1. The fourth-order valence-electron chi connectivity index (χ4n) is 1.78. The number of nitrogens with zero attached hydrogens (tertiary/aromatic N) is 1. The molecule has 0 fully saturated rings. The Labute approximate surface area is 128 Å². The normalized spacial score (nSPS) is 16.9. The average molecular weight is 351 g/mol. The van der Waals surface area contributed by atoms with Crippen LogP contribution in [0.1, 0.15) is 5.76 Å². The molecule has 1 atom stereocenters. The van der Waals surface area contributed by atoms with Gasteiger partial charge in [0.15, 0.2) is 16.2 Å². The largest absolute Gasteiger partial charge is 0.485 e. The average Bonchev–Trinajstić information content (AvgIpc) is 2.92. The number of amides is 1. The van der Waals surface area contributed by atoms with Crippen LogP contribution in [0.15, 0.2) is 50.6 Å². The Balaban J connectivity index is 1.58. The molecule has 2 heterocycles. The molecule has 7 heteroatoms. The molecular weight excluding hydrogens is 340 g/mol. The standard InChI is InChI=1S/C14H11BrN2O4/c15-13-6-5-9(20-13)7-16-17-14(18)12-8-19-10-3-1-2-4-11(10)21-12/h1-7,12H,8H2,(H,17,18)/b16-7+/t12-/m0/s1. The molecule has 1 aromatic carbocycles. The zero-order chi connectivity index (χ0) is 14.7. The highest BCUT2D eigenvalue weighted by Crippen LogP contribution is 2.30. The summed E-state index contributed by atoms with van der Waals surface area (Å²) in [5, 5.41) is 3.81. The lowest BCUT2D eigenvalue weighted by Crippen LogP contribution is -2.42. The number of carbonyl (C=O) groups excluding carboxylic acids is 1. The maximum Gasteiger partial charge on any atom is 0.284 e. The van der Waals surface area contributed by atoms with Crippen molar-refractivity contribution in [1.29, 1.82) is 0 Å². The number of fused-ring (bicyclic) bond motifs is 1. The number of carbonyl (C=O) groups is 1. The highest BCUT2D eigenvalue weighted by atomic mass is 79.9. The Hall–Kier alpha value is -2.28. The van der Waals surface area contributed by atoms with Crippen LogP contribution >= 0.6 is 15.9 Å². The summed E-state index contributed by atoms with van der Waals surface area (Å²) < 4.78 is 16.8. The Morgan fingerprint density at radius 2 is 2.10 bits per heavy atom. The van der Waals surface area contributed by atoms with E-state index in [2.05, 4.69) is 26.5 Å². The first-order valence-corrected chi connectivity index (χ1v) is 6.98. The molecule has 0 bridgehead atoms. The van der Waals surface area contributed by atoms with Crippen molar-refractivity contribution in [2.45, 2.75) is 6.10 Å². The number of hydrogen-bond donors (Lipinski definition) is 1. The van der Waals surface area contributed by atoms with Gasteiger partial charge in [0, 0.05) is 0 Å². The molecule has 21 heavy (non-hydrogen) atoms. The molecule has 1 amide bonds. The fourth-order valence-corrected chi connectivity index (χ4v) is 2.10. The number of ether oxygens (including phenoxy) is 2. The first kappa shape index (κ1) is 13.7. The van der Waals surface area contributed by atoms with E-state index in [9.17, 15) is 4.79 Å². The molecule has 0 aliphatic carbocycles. The van der Waals surface area contributed by atoms with Gasteiger partial charge >= 0.3 is 0 Å². The van der Waals surface area contributed by atoms with Gasteiger partial charge in [0.1, 0.15) is 12.4 Å². The van der Waals surface area contributed by atoms with Crippen LogP contribution in [0.25, 0.3) is 0 Å². The smallest absolute Gasteiger partial charge is 0.284 e. The second-order valence-corrected chi connectivity index (χ2v) is 5.02. The van der Waals surface area contributed by atoms with Gasteiger partial charge in [-0.15, -0.1) is 0 Å². The van der Waals surface area contributed by atoms with Crippen LogP contribution in [0.4, 0.5) is 0 Å². The Kier molecular flexibility index (Phi) is 3.92. The number of hydrazone groups is 1. The van der Waals surface area contributed by atoms with Crippen LogP contribution in [0.2, 0.25) is 0 Å². The summed E-state index contributed by atoms with van der Waals surface area (Å²) in [4.78, 5) is 11.9. The van der Waals surface area contributed by atoms with Crippen molar-refractivity contribution < 1.29 is 18.7 Å². The third kappa shape index (κ3) is 3.25. The molecule has 1 N–H and O–H groups in total. The van der Waals surface area contributed by atoms with E-state index in [1.54, 1.807) is 24.3 Å². The minimum absolute atomic E-state index is 0.144. The van der Waals surface area contributed by atoms with Crippen molar-refractivity contribution in [3.8, 4) is 11.5 Å². The summed E-state index contributed by atoms with van der Waals surface area (Å²) in [6.45, 7) is 0.144. The molecule has 6 nitrogen and oxygen atoms in total. The van der Waals surface area contributed by atoms with E-state index >= 15 is 0 Å². The van der Waals surface area contributed by atoms with Gasteiger partial charge in [0.2, 0.25) is 6.10 Å². The summed E-state index contributed by atoms with van der Waals surface area (Å²) in [7, 11) is 0. The Morgan fingerprint density at radius 1 is 1.29 bits per heavy atom. The molecular formula is C14H11BrN2O4. The molecule has 1 aromatic heterocycles. The maximum atomic E-state index is 11.9. The first-order chi connectivity index (χ1) is 10.2. The van der Waals surface area contributed by atoms with Gasteiger partial charge in [0.05, 0.1) is 6.21 Å². The van der Waals surface area contributed by atoms with Crippen LogP contribution < -0.4 is 14.9 Å². The van der Waals surface area contributed by atoms with E-state index in [-0.39, 0.29) is 12.5 Å². The van der Waals surface area contributed by atoms with Crippen LogP contribution in [0, 0.1) is 0 Å². The third-order valence-electron chi connectivity index (χ3n) is 2.76. The molecule has 0 unspecified atom stereocenters. The molecule has 0 radical (unpaired) electrons. The van der Waals surface area contributed by atoms with Gasteiger partial charge in [-0.3, -0.25) is 4.79 Å². The Bertz CT molecular complexity index is 683. The first-order valence-electron chi connectivity index (χ1n) is 6.19. The van der Waals surface area contributed by atoms with E-state index in [0.29, 0.717) is 21.9 Å². The van der Waals surface area contributed by atoms with Crippen LogP contribution in [-0.4, -0.2) is 24.8 Å². The molecule has 1 aliphatic heterocycles. The van der Waals surface area contributed by atoms with E-state index < -0.39 is 6.10 Å². The lowest BCUT2D eigenvalue weighted by molar-refractivity contribution is -0.130. The van der Waals surface area contributed by atoms with E-state index in [1.807, 2.05) is 12.1 Å². The minimum Gasteiger partial charge on any atom is -0.485 e. The third-order valence-corrected chi connectivity index (χ3v) is 3.19. The molecule has 0 saturated carbocycles. The maximum absolute atomic E-state index is 11.9. The summed E-state index contributed by atoms with van der Waals surface area (Å²) in [5.74, 6) is 1.31. The predicted octanol–water partition coefficient (Wildman–Crippen LogP) is 2.33. The van der Waals surface area contributed by atoms with Crippen LogP contribution in [0.5, 0.6) is 11.5 Å². The van der Waals surface area contributed by atoms with Gasteiger partial charge in [0.25, 0.3) is 5.91 Å². The number of halogens is 1. The fraction of sp³-hybridized carbons (Fsp3) is 0.143. The molecule has 0 spiro atoms. The lowest BCUT2D eigenvalue weighted by Gasteiger charge is -2.24. The number of nitrogens with one attached hydrogen (secondary N) is 1. The monoisotopic (exact) mass is 350 g/mol. The van der Waals surface area contributed by atoms with Crippen molar-refractivity contribution in [1.82, 2.24) is 5.43 Å². The predicted molar refractivity (Wildman–Crippen MR) is 78.5 cm³/mol. The van der Waals surface area contributed by atoms with Gasteiger partial charge < -0.3 is 13.9 Å². The zero-order valence-electron chi connectivity index (χ0n) is 10.8. The number of rotatable bonds is 3. The molecule has 1 aliphatic rings. The molecule has 3 rings (SSSR count). The summed E-state index contributed by atoms with van der Waals surface area (Å²) in [6.07, 6.45) is 0.667. The van der Waals surface area contributed by atoms with E-state index in [0.717, 1.165) is 0 Å². The minimum atomic E-state index is -0.736. The molecule has 0 saturated heterocycles. The summed E-state index contributed by atoms with van der Waals surface area (Å²) >= 11 is 3.18. The zero-order valence-corrected chi connectivity index (χ0v) is 12.4. The van der Waals surface area contributed by atoms with Crippen molar-refractivity contribution >= 4 is 28.1 Å². The van der Waals surface area contributed by atoms with Gasteiger partial charge in [-0.2, -0.15) is 5.10 Å². The van der Waals surface area contributed by atoms with Gasteiger partial charge in [-0.1, -0.05) is 12.1 Å². The van der Waals surface area contributed by atoms with Gasteiger partial charge in [-0.25, -0.2) is 5.43 Å². The van der Waals surface area contributed by atoms with Gasteiger partial charge in [-0.05, 0) is 40.2 Å². The highest BCUT2D eigenvalue weighted by molar-refractivity contribution is 9.10. The number of para-hydroxylation sites is 2. The quantitative estimate of drug-likeness (QED) is 0.681. The second kappa shape index (κ2) is 6.01. The van der Waals surface area contributed by atoms with Crippen molar-refractivity contribution in [3.63, 3.8) is 0 Å². The molecule has 2 aromatic rings.